The van der Waals surface area contributed by atoms with Gasteiger partial charge in [-0.05, 0) is 48.8 Å². The van der Waals surface area contributed by atoms with Gasteiger partial charge in [0.1, 0.15) is 8.39 Å². The molecule has 0 N–H and O–H groups in total. The Bertz CT molecular complexity index is 433. The Hall–Kier alpha value is 0.01000. The Morgan fingerprint density at radius 3 is 2.71 bits per heavy atom. The molecule has 9 heteroatoms. The topological polar surface area (TPSA) is 56.5 Å². The highest BCUT2D eigenvalue weighted by Crippen LogP contribution is 2.36. The number of hydrogen-bond donors (Lipinski definition) is 0. The van der Waals surface area contributed by atoms with Gasteiger partial charge in [0.15, 0.2) is 4.34 Å². The van der Waals surface area contributed by atoms with Crippen molar-refractivity contribution in [2.75, 3.05) is 0 Å². The van der Waals surface area contributed by atoms with E-state index in [4.69, 9.17) is 0 Å². The second-order valence-electron chi connectivity index (χ2n) is 2.21. The van der Waals surface area contributed by atoms with Crippen molar-refractivity contribution in [2.24, 2.45) is 7.05 Å². The van der Waals surface area contributed by atoms with Crippen LogP contribution in [-0.2, 0) is 7.05 Å². The van der Waals surface area contributed by atoms with Crippen molar-refractivity contribution in [2.45, 2.75) is 9.50 Å². The van der Waals surface area contributed by atoms with Crippen LogP contribution in [0.1, 0.15) is 0 Å². The monoisotopic (exact) mass is 355 g/mol. The van der Waals surface area contributed by atoms with Crippen LogP contribution in [0.15, 0.2) is 17.9 Å². The Balaban J connectivity index is 2.18. The van der Waals surface area contributed by atoms with Gasteiger partial charge in [0.05, 0.1) is 7.05 Å². The number of aryl methyl sites for hydroxylation is 1. The highest BCUT2D eigenvalue weighted by molar-refractivity contribution is 9.13. The molecule has 0 spiro atoms. The van der Waals surface area contributed by atoms with E-state index in [0.29, 0.717) is 5.16 Å². The molecular formula is C5H3Br2N5S2. The van der Waals surface area contributed by atoms with Gasteiger partial charge in [0.25, 0.3) is 0 Å². The average Bonchev–Trinajstić information content (AvgIpc) is 2.62. The second kappa shape index (κ2) is 4.25. The van der Waals surface area contributed by atoms with Crippen molar-refractivity contribution in [1.29, 1.82) is 0 Å². The second-order valence-corrected chi connectivity index (χ2v) is 6.49. The lowest BCUT2D eigenvalue weighted by Crippen LogP contribution is -1.91. The minimum Gasteiger partial charge on any atom is -0.221 e. The maximum atomic E-state index is 4.25. The molecule has 0 unspecified atom stereocenters. The van der Waals surface area contributed by atoms with Crippen molar-refractivity contribution in [3.05, 3.63) is 8.39 Å². The Morgan fingerprint density at radius 1 is 1.43 bits per heavy atom. The van der Waals surface area contributed by atoms with E-state index in [1.807, 2.05) is 0 Å². The van der Waals surface area contributed by atoms with E-state index in [-0.39, 0.29) is 0 Å². The smallest absolute Gasteiger partial charge is 0.221 e. The summed E-state index contributed by atoms with van der Waals surface area (Å²) in [4.78, 5) is 5.67. The van der Waals surface area contributed by atoms with Gasteiger partial charge in [-0.1, -0.05) is 11.3 Å². The molecule has 74 valence electrons. The van der Waals surface area contributed by atoms with Crippen molar-refractivity contribution in [1.82, 2.24) is 25.2 Å². The summed E-state index contributed by atoms with van der Waals surface area (Å²) < 4.78 is 2.63. The summed E-state index contributed by atoms with van der Waals surface area (Å²) in [6.45, 7) is 0. The summed E-state index contributed by atoms with van der Waals surface area (Å²) in [6.07, 6.45) is 0. The van der Waals surface area contributed by atoms with Crippen LogP contribution in [0.25, 0.3) is 0 Å². The third kappa shape index (κ3) is 2.33. The van der Waals surface area contributed by atoms with Crippen LogP contribution in [0.2, 0.25) is 0 Å². The molecule has 2 aromatic rings. The van der Waals surface area contributed by atoms with E-state index in [2.05, 4.69) is 52.3 Å². The normalized spacial score (nSPS) is 10.8. The molecule has 2 aromatic heterocycles. The molecule has 0 fully saturated rings. The summed E-state index contributed by atoms with van der Waals surface area (Å²) >= 11 is 9.59. The zero-order valence-corrected chi connectivity index (χ0v) is 11.6. The van der Waals surface area contributed by atoms with Crippen molar-refractivity contribution < 1.29 is 0 Å². The molecule has 0 saturated heterocycles. The van der Waals surface area contributed by atoms with Crippen molar-refractivity contribution >= 4 is 55.0 Å². The fourth-order valence-electron chi connectivity index (χ4n) is 0.695. The third-order valence-corrected chi connectivity index (χ3v) is 5.18. The molecule has 0 aliphatic heterocycles. The summed E-state index contributed by atoms with van der Waals surface area (Å²) in [5, 5.41) is 12.2. The molecule has 0 aliphatic carbocycles. The number of hydrogen-bond acceptors (Lipinski definition) is 6. The molecule has 2 rings (SSSR count). The number of rotatable bonds is 2. The zero-order chi connectivity index (χ0) is 10.1. The molecule has 0 radical (unpaired) electrons. The first-order chi connectivity index (χ1) is 6.65. The molecule has 0 saturated carbocycles. The van der Waals surface area contributed by atoms with Crippen LogP contribution < -0.4 is 0 Å². The summed E-state index contributed by atoms with van der Waals surface area (Å²) in [7, 11) is 1.73. The van der Waals surface area contributed by atoms with Crippen LogP contribution >= 0.6 is 55.0 Å². The third-order valence-electron chi connectivity index (χ3n) is 1.20. The van der Waals surface area contributed by atoms with Gasteiger partial charge in [-0.3, -0.25) is 0 Å². The first-order valence-corrected chi connectivity index (χ1v) is 6.61. The van der Waals surface area contributed by atoms with Gasteiger partial charge < -0.3 is 0 Å². The average molecular weight is 357 g/mol. The number of thiazole rings is 1. The van der Waals surface area contributed by atoms with E-state index in [0.717, 1.165) is 12.7 Å². The molecule has 0 aromatic carbocycles. The van der Waals surface area contributed by atoms with Gasteiger partial charge in [-0.15, -0.1) is 10.2 Å². The highest BCUT2D eigenvalue weighted by Gasteiger charge is 2.10. The van der Waals surface area contributed by atoms with Crippen LogP contribution in [0.3, 0.4) is 0 Å². The van der Waals surface area contributed by atoms with Gasteiger partial charge in [-0.2, -0.15) is 4.80 Å². The number of halogens is 2. The SMILES string of the molecule is Cn1nnc(Sc2nc(Br)c(Br)s2)n1. The van der Waals surface area contributed by atoms with Gasteiger partial charge >= 0.3 is 0 Å². The lowest BCUT2D eigenvalue weighted by atomic mass is 11.0. The number of aromatic nitrogens is 5. The lowest BCUT2D eigenvalue weighted by molar-refractivity contribution is 0.626. The van der Waals surface area contributed by atoms with Gasteiger partial charge in [0.2, 0.25) is 5.16 Å². The molecule has 0 atom stereocenters. The van der Waals surface area contributed by atoms with E-state index >= 15 is 0 Å². The predicted molar refractivity (Wildman–Crippen MR) is 60.4 cm³/mol. The van der Waals surface area contributed by atoms with Crippen LogP contribution in [0.4, 0.5) is 0 Å². The van der Waals surface area contributed by atoms with E-state index in [1.165, 1.54) is 27.9 Å². The largest absolute Gasteiger partial charge is 0.238 e. The molecule has 0 amide bonds. The van der Waals surface area contributed by atoms with Crippen LogP contribution in [0.5, 0.6) is 0 Å². The fraction of sp³-hybridized carbons (Fsp3) is 0.200. The highest BCUT2D eigenvalue weighted by atomic mass is 79.9. The predicted octanol–water partition coefficient (Wildman–Crippen LogP) is 2.34. The van der Waals surface area contributed by atoms with Crippen LogP contribution in [0, 0.1) is 0 Å². The Kier molecular flexibility index (Phi) is 3.20. The maximum Gasteiger partial charge on any atom is 0.238 e. The summed E-state index contributed by atoms with van der Waals surface area (Å²) in [5.74, 6) is 0. The number of tetrazole rings is 1. The fourth-order valence-corrected chi connectivity index (χ4v) is 3.81. The molecule has 5 nitrogen and oxygen atoms in total. The first-order valence-electron chi connectivity index (χ1n) is 3.39. The Morgan fingerprint density at radius 2 is 2.21 bits per heavy atom. The maximum absolute atomic E-state index is 4.25. The standard InChI is InChI=1S/C5H3Br2N5S2/c1-12-10-4(9-11-12)14-5-8-2(6)3(7)13-5/h1H3. The van der Waals surface area contributed by atoms with E-state index in [1.54, 1.807) is 7.05 Å². The number of nitrogens with zero attached hydrogens (tertiary/aromatic N) is 5. The first kappa shape index (κ1) is 10.5. The van der Waals surface area contributed by atoms with E-state index < -0.39 is 0 Å². The quantitative estimate of drug-likeness (QED) is 0.826. The summed E-state index contributed by atoms with van der Waals surface area (Å²) in [5.41, 5.74) is 0. The van der Waals surface area contributed by atoms with Gasteiger partial charge in [0, 0.05) is 0 Å². The van der Waals surface area contributed by atoms with Gasteiger partial charge in [-0.25, -0.2) is 4.98 Å². The van der Waals surface area contributed by atoms with Crippen molar-refractivity contribution in [3.63, 3.8) is 0 Å². The Labute approximate surface area is 105 Å². The van der Waals surface area contributed by atoms with Crippen molar-refractivity contribution in [3.8, 4) is 0 Å². The minimum absolute atomic E-state index is 0.598. The minimum atomic E-state index is 0.598. The summed E-state index contributed by atoms with van der Waals surface area (Å²) in [6, 6.07) is 0. The van der Waals surface area contributed by atoms with Crippen LogP contribution in [-0.4, -0.2) is 25.2 Å². The lowest BCUT2D eigenvalue weighted by Gasteiger charge is -1.85. The zero-order valence-electron chi connectivity index (χ0n) is 6.81. The van der Waals surface area contributed by atoms with E-state index in [9.17, 15) is 0 Å². The molecule has 14 heavy (non-hydrogen) atoms. The molecule has 0 bridgehead atoms. The molecule has 2 heterocycles. The molecular weight excluding hydrogens is 354 g/mol. The molecule has 0 aliphatic rings.